The summed E-state index contributed by atoms with van der Waals surface area (Å²) in [6, 6.07) is 0.360. The van der Waals surface area contributed by atoms with Gasteiger partial charge in [0.1, 0.15) is 0 Å². The molecule has 2 N–H and O–H groups in total. The number of aliphatic hydroxyl groups is 1. The van der Waals surface area contributed by atoms with Gasteiger partial charge in [0, 0.05) is 6.04 Å². The number of nitrogens with one attached hydrogen (secondary N) is 1. The van der Waals surface area contributed by atoms with E-state index >= 15 is 0 Å². The Labute approximate surface area is 97.6 Å². The number of amides is 1. The third kappa shape index (κ3) is 2.40. The van der Waals surface area contributed by atoms with E-state index in [2.05, 4.69) is 5.32 Å². The first-order valence-corrected chi connectivity index (χ1v) is 6.69. The lowest BCUT2D eigenvalue weighted by atomic mass is 9.68. The van der Waals surface area contributed by atoms with Gasteiger partial charge >= 0.3 is 0 Å². The standard InChI is InChI=1S/C13H23NO2/c15-10-13(8-5-9-13)12(16)14-11-6-3-1-2-4-7-11/h11,15H,1-10H2,(H,14,16). The molecule has 0 saturated heterocycles. The maximum Gasteiger partial charge on any atom is 0.228 e. The van der Waals surface area contributed by atoms with Crippen molar-refractivity contribution >= 4 is 5.91 Å². The first kappa shape index (κ1) is 11.9. The van der Waals surface area contributed by atoms with Gasteiger partial charge in [-0.05, 0) is 25.7 Å². The van der Waals surface area contributed by atoms with Gasteiger partial charge in [0.15, 0.2) is 0 Å². The Morgan fingerprint density at radius 1 is 1.12 bits per heavy atom. The highest BCUT2D eigenvalue weighted by atomic mass is 16.3. The molecule has 2 aliphatic carbocycles. The number of aliphatic hydroxyl groups excluding tert-OH is 1. The van der Waals surface area contributed by atoms with Gasteiger partial charge in [0.2, 0.25) is 5.91 Å². The van der Waals surface area contributed by atoms with Crippen molar-refractivity contribution < 1.29 is 9.90 Å². The molecule has 0 aromatic heterocycles. The average Bonchev–Trinajstić information content (AvgIpc) is 2.45. The minimum atomic E-state index is -0.424. The Morgan fingerprint density at radius 3 is 2.19 bits per heavy atom. The van der Waals surface area contributed by atoms with Gasteiger partial charge in [-0.2, -0.15) is 0 Å². The van der Waals surface area contributed by atoms with Crippen LogP contribution in [0.15, 0.2) is 0 Å². The van der Waals surface area contributed by atoms with Gasteiger partial charge in [-0.1, -0.05) is 32.1 Å². The summed E-state index contributed by atoms with van der Waals surface area (Å²) in [5.41, 5.74) is -0.424. The van der Waals surface area contributed by atoms with E-state index in [1.807, 2.05) is 0 Å². The molecule has 16 heavy (non-hydrogen) atoms. The molecule has 0 aromatic carbocycles. The normalized spacial score (nSPS) is 25.6. The van der Waals surface area contributed by atoms with Gasteiger partial charge < -0.3 is 10.4 Å². The predicted octanol–water partition coefficient (Wildman–Crippen LogP) is 1.99. The number of hydrogen-bond acceptors (Lipinski definition) is 2. The maximum atomic E-state index is 12.1. The number of hydrogen-bond donors (Lipinski definition) is 2. The molecule has 3 nitrogen and oxygen atoms in total. The SMILES string of the molecule is O=C(NC1CCCCCC1)C1(CO)CCC1. The number of carbonyl (C=O) groups excluding carboxylic acids is 1. The van der Waals surface area contributed by atoms with Crippen LogP contribution >= 0.6 is 0 Å². The van der Waals surface area contributed by atoms with E-state index in [9.17, 15) is 9.90 Å². The zero-order chi connectivity index (χ0) is 11.4. The van der Waals surface area contributed by atoms with Crippen LogP contribution in [0.1, 0.15) is 57.8 Å². The molecule has 2 aliphatic rings. The van der Waals surface area contributed by atoms with E-state index in [1.54, 1.807) is 0 Å². The molecular formula is C13H23NO2. The molecule has 0 spiro atoms. The lowest BCUT2D eigenvalue weighted by Crippen LogP contribution is -2.51. The number of rotatable bonds is 3. The van der Waals surface area contributed by atoms with Crippen LogP contribution in [0.4, 0.5) is 0 Å². The summed E-state index contributed by atoms with van der Waals surface area (Å²) in [6.07, 6.45) is 10.1. The molecule has 0 heterocycles. The summed E-state index contributed by atoms with van der Waals surface area (Å²) in [6.45, 7) is 0.0194. The smallest absolute Gasteiger partial charge is 0.228 e. The largest absolute Gasteiger partial charge is 0.395 e. The van der Waals surface area contributed by atoms with Gasteiger partial charge in [-0.3, -0.25) is 4.79 Å². The highest BCUT2D eigenvalue weighted by Gasteiger charge is 2.43. The topological polar surface area (TPSA) is 49.3 Å². The van der Waals surface area contributed by atoms with Gasteiger partial charge in [0.25, 0.3) is 0 Å². The van der Waals surface area contributed by atoms with Crippen molar-refractivity contribution in [3.05, 3.63) is 0 Å². The Kier molecular flexibility index (Phi) is 3.85. The second-order valence-corrected chi connectivity index (χ2v) is 5.45. The van der Waals surface area contributed by atoms with Crippen molar-refractivity contribution in [2.45, 2.75) is 63.8 Å². The minimum absolute atomic E-state index is 0.0194. The molecule has 2 fully saturated rings. The Bertz CT molecular complexity index is 235. The summed E-state index contributed by atoms with van der Waals surface area (Å²) in [5.74, 6) is 0.105. The molecule has 2 saturated carbocycles. The van der Waals surface area contributed by atoms with Gasteiger partial charge in [0.05, 0.1) is 12.0 Å². The van der Waals surface area contributed by atoms with Gasteiger partial charge in [-0.25, -0.2) is 0 Å². The van der Waals surface area contributed by atoms with Crippen LogP contribution in [0.5, 0.6) is 0 Å². The molecule has 92 valence electrons. The van der Waals surface area contributed by atoms with Crippen LogP contribution in [0.3, 0.4) is 0 Å². The monoisotopic (exact) mass is 225 g/mol. The van der Waals surface area contributed by atoms with Crippen molar-refractivity contribution in [2.75, 3.05) is 6.61 Å². The van der Waals surface area contributed by atoms with Crippen LogP contribution < -0.4 is 5.32 Å². The molecule has 3 heteroatoms. The lowest BCUT2D eigenvalue weighted by molar-refractivity contribution is -0.140. The zero-order valence-electron chi connectivity index (χ0n) is 10.0. The highest BCUT2D eigenvalue weighted by Crippen LogP contribution is 2.40. The summed E-state index contributed by atoms with van der Waals surface area (Å²) in [5, 5.41) is 12.5. The molecule has 0 radical (unpaired) electrons. The van der Waals surface area contributed by atoms with Crippen molar-refractivity contribution in [2.24, 2.45) is 5.41 Å². The Balaban J connectivity index is 1.85. The quantitative estimate of drug-likeness (QED) is 0.722. The first-order chi connectivity index (χ1) is 7.77. The summed E-state index contributed by atoms with van der Waals surface area (Å²) >= 11 is 0. The molecule has 0 aliphatic heterocycles. The molecule has 0 aromatic rings. The molecule has 0 unspecified atom stereocenters. The maximum absolute atomic E-state index is 12.1. The van der Waals surface area contributed by atoms with Crippen LogP contribution in [0, 0.1) is 5.41 Å². The fourth-order valence-corrected chi connectivity index (χ4v) is 2.82. The Morgan fingerprint density at radius 2 is 1.75 bits per heavy atom. The first-order valence-electron chi connectivity index (χ1n) is 6.69. The van der Waals surface area contributed by atoms with Crippen LogP contribution in [-0.2, 0) is 4.79 Å². The predicted molar refractivity (Wildman–Crippen MR) is 63.0 cm³/mol. The summed E-state index contributed by atoms with van der Waals surface area (Å²) in [4.78, 5) is 12.1. The second-order valence-electron chi connectivity index (χ2n) is 5.45. The molecule has 0 bridgehead atoms. The van der Waals surface area contributed by atoms with Crippen molar-refractivity contribution in [1.82, 2.24) is 5.32 Å². The van der Waals surface area contributed by atoms with E-state index in [0.717, 1.165) is 32.1 Å². The summed E-state index contributed by atoms with van der Waals surface area (Å²) in [7, 11) is 0. The highest BCUT2D eigenvalue weighted by molar-refractivity contribution is 5.83. The van der Waals surface area contributed by atoms with Crippen LogP contribution in [0.25, 0.3) is 0 Å². The van der Waals surface area contributed by atoms with E-state index in [1.165, 1.54) is 25.7 Å². The molecular weight excluding hydrogens is 202 g/mol. The Hall–Kier alpha value is -0.570. The van der Waals surface area contributed by atoms with Gasteiger partial charge in [-0.15, -0.1) is 0 Å². The lowest BCUT2D eigenvalue weighted by Gasteiger charge is -2.39. The molecule has 2 rings (SSSR count). The second kappa shape index (κ2) is 5.17. The summed E-state index contributed by atoms with van der Waals surface area (Å²) < 4.78 is 0. The third-order valence-electron chi connectivity index (χ3n) is 4.29. The van der Waals surface area contributed by atoms with E-state index in [4.69, 9.17) is 0 Å². The zero-order valence-corrected chi connectivity index (χ0v) is 10.0. The van der Waals surface area contributed by atoms with Crippen molar-refractivity contribution in [3.8, 4) is 0 Å². The average molecular weight is 225 g/mol. The molecule has 0 atom stereocenters. The third-order valence-corrected chi connectivity index (χ3v) is 4.29. The van der Waals surface area contributed by atoms with E-state index < -0.39 is 5.41 Å². The fourth-order valence-electron chi connectivity index (χ4n) is 2.82. The van der Waals surface area contributed by atoms with Crippen LogP contribution in [-0.4, -0.2) is 23.7 Å². The van der Waals surface area contributed by atoms with Crippen molar-refractivity contribution in [3.63, 3.8) is 0 Å². The molecule has 1 amide bonds. The van der Waals surface area contributed by atoms with Crippen LogP contribution in [0.2, 0.25) is 0 Å². The van der Waals surface area contributed by atoms with E-state index in [0.29, 0.717) is 6.04 Å². The van der Waals surface area contributed by atoms with Crippen molar-refractivity contribution in [1.29, 1.82) is 0 Å². The number of carbonyl (C=O) groups is 1. The fraction of sp³-hybridized carbons (Fsp3) is 0.923. The minimum Gasteiger partial charge on any atom is -0.395 e. The van der Waals surface area contributed by atoms with E-state index in [-0.39, 0.29) is 12.5 Å².